The highest BCUT2D eigenvalue weighted by Gasteiger charge is 2.21. The first kappa shape index (κ1) is 12.5. The summed E-state index contributed by atoms with van der Waals surface area (Å²) in [5.41, 5.74) is 1.86. The topological polar surface area (TPSA) is 48.9 Å². The first-order valence-electron chi connectivity index (χ1n) is 5.80. The number of fused-ring (bicyclic) bond motifs is 1. The van der Waals surface area contributed by atoms with E-state index in [1.807, 2.05) is 13.0 Å². The van der Waals surface area contributed by atoms with Crippen LogP contribution in [0.2, 0.25) is 0 Å². The molecule has 1 heterocycles. The molecular formula is C14H9F3N2O. The largest absolute Gasteiger partial charge is 0.503 e. The quantitative estimate of drug-likeness (QED) is 0.667. The minimum absolute atomic E-state index is 0.0253. The lowest BCUT2D eigenvalue weighted by molar-refractivity contribution is 0.377. The number of nitrogens with one attached hydrogen (secondary N) is 1. The van der Waals surface area contributed by atoms with Crippen LogP contribution in [0, 0.1) is 24.4 Å². The van der Waals surface area contributed by atoms with Gasteiger partial charge in [0.1, 0.15) is 5.82 Å². The van der Waals surface area contributed by atoms with E-state index in [2.05, 4.69) is 9.97 Å². The monoisotopic (exact) mass is 278 g/mol. The standard InChI is InChI=1S/C14H9F3N2O/c1-6-2-3-9-10(4-6)19-14(18-9)7-5-8(15)12(17)13(20)11(7)16/h2-5,20H,1H3,(H,18,19). The van der Waals surface area contributed by atoms with E-state index in [9.17, 15) is 18.3 Å². The first-order chi connectivity index (χ1) is 9.47. The van der Waals surface area contributed by atoms with E-state index in [0.29, 0.717) is 17.1 Å². The minimum Gasteiger partial charge on any atom is -0.503 e. The van der Waals surface area contributed by atoms with Crippen molar-refractivity contribution in [2.24, 2.45) is 0 Å². The second-order valence-corrected chi connectivity index (χ2v) is 4.49. The summed E-state index contributed by atoms with van der Waals surface area (Å²) in [6.45, 7) is 1.88. The Labute approximate surface area is 111 Å². The number of nitrogens with zero attached hydrogens (tertiary/aromatic N) is 1. The molecule has 3 rings (SSSR count). The molecule has 0 atom stereocenters. The summed E-state index contributed by atoms with van der Waals surface area (Å²) in [5, 5.41) is 9.22. The van der Waals surface area contributed by atoms with Crippen LogP contribution in [0.5, 0.6) is 5.75 Å². The van der Waals surface area contributed by atoms with E-state index in [1.54, 1.807) is 12.1 Å². The van der Waals surface area contributed by atoms with Gasteiger partial charge in [-0.05, 0) is 30.7 Å². The van der Waals surface area contributed by atoms with E-state index < -0.39 is 23.2 Å². The number of hydrogen-bond acceptors (Lipinski definition) is 2. The molecular weight excluding hydrogens is 269 g/mol. The molecule has 0 unspecified atom stereocenters. The van der Waals surface area contributed by atoms with Gasteiger partial charge in [-0.15, -0.1) is 0 Å². The lowest BCUT2D eigenvalue weighted by atomic mass is 10.1. The molecule has 1 aromatic heterocycles. The molecule has 0 aliphatic heterocycles. The number of H-pyrrole nitrogens is 1. The van der Waals surface area contributed by atoms with Gasteiger partial charge in [-0.2, -0.15) is 4.39 Å². The Balaban J connectivity index is 2.25. The Bertz CT molecular complexity index is 827. The summed E-state index contributed by atoms with van der Waals surface area (Å²) in [7, 11) is 0. The fraction of sp³-hybridized carbons (Fsp3) is 0.0714. The number of imidazole rings is 1. The number of aromatic nitrogens is 2. The molecule has 20 heavy (non-hydrogen) atoms. The Morgan fingerprint density at radius 2 is 1.85 bits per heavy atom. The first-order valence-corrected chi connectivity index (χ1v) is 5.80. The van der Waals surface area contributed by atoms with Crippen LogP contribution < -0.4 is 0 Å². The third-order valence-corrected chi connectivity index (χ3v) is 3.03. The number of phenolic OH excluding ortho intramolecular Hbond substituents is 1. The van der Waals surface area contributed by atoms with Crippen LogP contribution in [0.1, 0.15) is 5.56 Å². The average Bonchev–Trinajstić information content (AvgIpc) is 2.83. The van der Waals surface area contributed by atoms with Crippen LogP contribution in [0.3, 0.4) is 0 Å². The van der Waals surface area contributed by atoms with Crippen molar-refractivity contribution in [1.29, 1.82) is 0 Å². The molecule has 0 aliphatic rings. The van der Waals surface area contributed by atoms with Crippen molar-refractivity contribution in [2.45, 2.75) is 6.92 Å². The molecule has 0 aliphatic carbocycles. The third kappa shape index (κ3) is 1.80. The van der Waals surface area contributed by atoms with Gasteiger partial charge >= 0.3 is 0 Å². The van der Waals surface area contributed by atoms with Crippen LogP contribution in [-0.4, -0.2) is 15.1 Å². The van der Waals surface area contributed by atoms with Gasteiger partial charge in [0.05, 0.1) is 16.6 Å². The van der Waals surface area contributed by atoms with Crippen molar-refractivity contribution in [3.05, 3.63) is 47.3 Å². The highest BCUT2D eigenvalue weighted by molar-refractivity contribution is 5.80. The molecule has 0 amide bonds. The van der Waals surface area contributed by atoms with E-state index in [0.717, 1.165) is 5.56 Å². The van der Waals surface area contributed by atoms with Crippen LogP contribution in [0.15, 0.2) is 24.3 Å². The van der Waals surface area contributed by atoms with Gasteiger partial charge in [0.2, 0.25) is 5.82 Å². The van der Waals surface area contributed by atoms with Gasteiger partial charge in [0.25, 0.3) is 0 Å². The number of phenols is 1. The molecule has 0 spiro atoms. The Morgan fingerprint density at radius 1 is 1.10 bits per heavy atom. The maximum absolute atomic E-state index is 13.8. The zero-order valence-electron chi connectivity index (χ0n) is 10.3. The smallest absolute Gasteiger partial charge is 0.203 e. The number of aromatic amines is 1. The highest BCUT2D eigenvalue weighted by atomic mass is 19.2. The summed E-state index contributed by atoms with van der Waals surface area (Å²) >= 11 is 0. The van der Waals surface area contributed by atoms with Gasteiger partial charge in [-0.1, -0.05) is 6.07 Å². The SMILES string of the molecule is Cc1ccc2nc(-c3cc(F)c(F)c(O)c3F)[nH]c2c1. The van der Waals surface area contributed by atoms with Crippen molar-refractivity contribution in [2.75, 3.05) is 0 Å². The lowest BCUT2D eigenvalue weighted by Gasteiger charge is -2.03. The molecule has 2 aromatic carbocycles. The second-order valence-electron chi connectivity index (χ2n) is 4.49. The highest BCUT2D eigenvalue weighted by Crippen LogP contribution is 2.32. The van der Waals surface area contributed by atoms with Gasteiger partial charge in [0.15, 0.2) is 17.4 Å². The number of aromatic hydroxyl groups is 1. The normalized spacial score (nSPS) is 11.2. The van der Waals surface area contributed by atoms with Crippen LogP contribution in [0.4, 0.5) is 13.2 Å². The van der Waals surface area contributed by atoms with E-state index >= 15 is 0 Å². The van der Waals surface area contributed by atoms with Gasteiger partial charge in [-0.25, -0.2) is 13.8 Å². The molecule has 0 fully saturated rings. The number of benzene rings is 2. The van der Waals surface area contributed by atoms with Crippen molar-refractivity contribution in [1.82, 2.24) is 9.97 Å². The summed E-state index contributed by atoms with van der Waals surface area (Å²) in [5.74, 6) is -5.53. The molecule has 6 heteroatoms. The molecule has 3 aromatic rings. The van der Waals surface area contributed by atoms with E-state index in [-0.39, 0.29) is 11.4 Å². The van der Waals surface area contributed by atoms with Crippen molar-refractivity contribution < 1.29 is 18.3 Å². The minimum atomic E-state index is -1.61. The number of hydrogen-bond donors (Lipinski definition) is 2. The number of rotatable bonds is 1. The van der Waals surface area contributed by atoms with Crippen molar-refractivity contribution >= 4 is 11.0 Å². The van der Waals surface area contributed by atoms with Gasteiger partial charge in [0, 0.05) is 0 Å². The van der Waals surface area contributed by atoms with Crippen molar-refractivity contribution in [3.63, 3.8) is 0 Å². The van der Waals surface area contributed by atoms with Crippen molar-refractivity contribution in [3.8, 4) is 17.1 Å². The van der Waals surface area contributed by atoms with Gasteiger partial charge in [-0.3, -0.25) is 0 Å². The fourth-order valence-corrected chi connectivity index (χ4v) is 2.01. The predicted molar refractivity (Wildman–Crippen MR) is 67.8 cm³/mol. The number of aryl methyl sites for hydroxylation is 1. The zero-order chi connectivity index (χ0) is 14.4. The van der Waals surface area contributed by atoms with Crippen LogP contribution in [0.25, 0.3) is 22.4 Å². The summed E-state index contributed by atoms with van der Waals surface area (Å²) < 4.78 is 40.2. The van der Waals surface area contributed by atoms with Gasteiger partial charge < -0.3 is 10.1 Å². The molecule has 0 saturated carbocycles. The molecule has 0 saturated heterocycles. The molecule has 0 bridgehead atoms. The number of halogens is 3. The predicted octanol–water partition coefficient (Wildman–Crippen LogP) is 3.66. The van der Waals surface area contributed by atoms with Crippen LogP contribution in [-0.2, 0) is 0 Å². The van der Waals surface area contributed by atoms with E-state index in [4.69, 9.17) is 0 Å². The Hall–Kier alpha value is -2.50. The molecule has 0 radical (unpaired) electrons. The zero-order valence-corrected chi connectivity index (χ0v) is 10.3. The summed E-state index contributed by atoms with van der Waals surface area (Å²) in [6.07, 6.45) is 0. The van der Waals surface area contributed by atoms with E-state index in [1.165, 1.54) is 0 Å². The average molecular weight is 278 g/mol. The fourth-order valence-electron chi connectivity index (χ4n) is 2.01. The maximum Gasteiger partial charge on any atom is 0.203 e. The molecule has 102 valence electrons. The third-order valence-electron chi connectivity index (χ3n) is 3.03. The molecule has 3 nitrogen and oxygen atoms in total. The van der Waals surface area contributed by atoms with Crippen LogP contribution >= 0.6 is 0 Å². The lowest BCUT2D eigenvalue weighted by Crippen LogP contribution is -1.94. The Kier molecular flexibility index (Phi) is 2.67. The Morgan fingerprint density at radius 3 is 2.60 bits per heavy atom. The summed E-state index contributed by atoms with van der Waals surface area (Å²) in [4.78, 5) is 6.92. The summed E-state index contributed by atoms with van der Waals surface area (Å²) in [6, 6.07) is 6.01. The maximum atomic E-state index is 13.8. The molecule has 2 N–H and O–H groups in total. The second kappa shape index (κ2) is 4.26.